The molecule has 2 aromatic heterocycles. The molecule has 0 amide bonds. The summed E-state index contributed by atoms with van der Waals surface area (Å²) in [4.78, 5) is 17.1. The number of allylic oxidation sites excluding steroid dienone is 3. The highest BCUT2D eigenvalue weighted by Crippen LogP contribution is 2.27. The quantitative estimate of drug-likeness (QED) is 0.486. The third-order valence-electron chi connectivity index (χ3n) is 4.09. The van der Waals surface area contributed by atoms with E-state index < -0.39 is 12.1 Å². The second-order valence-corrected chi connectivity index (χ2v) is 6.75. The smallest absolute Gasteiger partial charge is 0.266 e. The van der Waals surface area contributed by atoms with Gasteiger partial charge in [0.05, 0.1) is 35.1 Å². The van der Waals surface area contributed by atoms with Gasteiger partial charge < -0.3 is 0 Å². The molecule has 29 heavy (non-hydrogen) atoms. The Morgan fingerprint density at radius 1 is 1.24 bits per heavy atom. The number of para-hydroxylation sites is 2. The van der Waals surface area contributed by atoms with Crippen molar-refractivity contribution in [3.8, 4) is 5.82 Å². The van der Waals surface area contributed by atoms with Crippen LogP contribution in [0.4, 0.5) is 19.0 Å². The Morgan fingerprint density at radius 3 is 2.66 bits per heavy atom. The number of halogens is 4. The summed E-state index contributed by atoms with van der Waals surface area (Å²) in [6.45, 7) is 6.49. The molecule has 1 atom stereocenters. The van der Waals surface area contributed by atoms with Crippen LogP contribution in [-0.4, -0.2) is 31.4 Å². The number of benzene rings is 1. The number of aliphatic imine (C=N–C) groups is 1. The standard InChI is InChI=1S/C20H17ClF3N5/c1-12(2)14(9-8-13(3)20(22,23)24)26-17-10-25-11-18(28-17)29-16-7-5-4-6-15(16)27-19(29)21/h4-11,13H,1H2,2-3H3/b9-8-,26-14?. The Bertz CT molecular complexity index is 1110. The van der Waals surface area contributed by atoms with Crippen molar-refractivity contribution in [2.75, 3.05) is 0 Å². The molecule has 0 aliphatic carbocycles. The normalized spacial score (nSPS) is 13.9. The zero-order valence-electron chi connectivity index (χ0n) is 15.7. The number of fused-ring (bicyclic) bond motifs is 1. The van der Waals surface area contributed by atoms with Gasteiger partial charge in [-0.15, -0.1) is 0 Å². The first kappa shape index (κ1) is 20.7. The Hall–Kier alpha value is -3.00. The van der Waals surface area contributed by atoms with Crippen molar-refractivity contribution in [1.29, 1.82) is 0 Å². The summed E-state index contributed by atoms with van der Waals surface area (Å²) >= 11 is 6.25. The van der Waals surface area contributed by atoms with Gasteiger partial charge in [-0.3, -0.25) is 9.55 Å². The van der Waals surface area contributed by atoms with Crippen LogP contribution in [-0.2, 0) is 0 Å². The molecule has 150 valence electrons. The van der Waals surface area contributed by atoms with Crippen molar-refractivity contribution in [3.63, 3.8) is 0 Å². The minimum absolute atomic E-state index is 0.207. The average molecular weight is 420 g/mol. The lowest BCUT2D eigenvalue weighted by Crippen LogP contribution is -2.17. The number of imidazole rings is 1. The molecule has 0 N–H and O–H groups in total. The number of nitrogens with zero attached hydrogens (tertiary/aromatic N) is 5. The Labute approximate surface area is 170 Å². The van der Waals surface area contributed by atoms with Gasteiger partial charge in [-0.05, 0) is 42.3 Å². The maximum absolute atomic E-state index is 12.7. The van der Waals surface area contributed by atoms with E-state index in [0.29, 0.717) is 16.9 Å². The largest absolute Gasteiger partial charge is 0.394 e. The minimum atomic E-state index is -4.32. The maximum Gasteiger partial charge on any atom is 0.394 e. The summed E-state index contributed by atoms with van der Waals surface area (Å²) < 4.78 is 39.9. The van der Waals surface area contributed by atoms with E-state index >= 15 is 0 Å². The molecule has 9 heteroatoms. The third kappa shape index (κ3) is 4.71. The predicted octanol–water partition coefficient (Wildman–Crippen LogP) is 5.87. The lowest BCUT2D eigenvalue weighted by molar-refractivity contribution is -0.156. The fourth-order valence-corrected chi connectivity index (χ4v) is 2.73. The summed E-state index contributed by atoms with van der Waals surface area (Å²) in [5.74, 6) is -1.02. The van der Waals surface area contributed by atoms with Gasteiger partial charge in [0.1, 0.15) is 0 Å². The van der Waals surface area contributed by atoms with E-state index in [4.69, 9.17) is 11.6 Å². The van der Waals surface area contributed by atoms with Crippen molar-refractivity contribution in [3.05, 3.63) is 66.2 Å². The molecule has 0 fully saturated rings. The lowest BCUT2D eigenvalue weighted by atomic mass is 10.1. The van der Waals surface area contributed by atoms with E-state index in [1.54, 1.807) is 11.5 Å². The van der Waals surface area contributed by atoms with Crippen molar-refractivity contribution in [2.45, 2.75) is 20.0 Å². The van der Waals surface area contributed by atoms with Crippen molar-refractivity contribution >= 4 is 34.2 Å². The van der Waals surface area contributed by atoms with Crippen LogP contribution in [0.3, 0.4) is 0 Å². The van der Waals surface area contributed by atoms with Crippen LogP contribution in [0.25, 0.3) is 16.9 Å². The highest BCUT2D eigenvalue weighted by Gasteiger charge is 2.33. The summed E-state index contributed by atoms with van der Waals surface area (Å²) in [7, 11) is 0. The van der Waals surface area contributed by atoms with Crippen LogP contribution < -0.4 is 0 Å². The Balaban J connectivity index is 2.00. The first-order valence-electron chi connectivity index (χ1n) is 8.61. The molecule has 0 aliphatic heterocycles. The zero-order chi connectivity index (χ0) is 21.2. The van der Waals surface area contributed by atoms with E-state index in [0.717, 1.165) is 18.5 Å². The van der Waals surface area contributed by atoms with Crippen molar-refractivity contribution in [1.82, 2.24) is 19.5 Å². The Morgan fingerprint density at radius 2 is 1.97 bits per heavy atom. The third-order valence-corrected chi connectivity index (χ3v) is 4.34. The average Bonchev–Trinajstić information content (AvgIpc) is 2.99. The summed E-state index contributed by atoms with van der Waals surface area (Å²) in [5.41, 5.74) is 2.20. The number of aromatic nitrogens is 4. The highest BCUT2D eigenvalue weighted by atomic mass is 35.5. The number of hydrogen-bond acceptors (Lipinski definition) is 4. The van der Waals surface area contributed by atoms with Crippen LogP contribution in [0.5, 0.6) is 0 Å². The van der Waals surface area contributed by atoms with E-state index in [-0.39, 0.29) is 16.8 Å². The van der Waals surface area contributed by atoms with Gasteiger partial charge in [-0.25, -0.2) is 15.0 Å². The molecule has 2 heterocycles. The van der Waals surface area contributed by atoms with E-state index in [2.05, 4.69) is 26.5 Å². The van der Waals surface area contributed by atoms with Gasteiger partial charge in [0.25, 0.3) is 0 Å². The number of rotatable bonds is 5. The number of hydrogen-bond donors (Lipinski definition) is 0. The van der Waals surface area contributed by atoms with E-state index in [9.17, 15) is 13.2 Å². The molecular weight excluding hydrogens is 403 g/mol. The molecule has 0 bridgehead atoms. The lowest BCUT2D eigenvalue weighted by Gasteiger charge is -2.11. The molecule has 0 radical (unpaired) electrons. The van der Waals surface area contributed by atoms with Gasteiger partial charge in [0.15, 0.2) is 11.6 Å². The molecule has 0 saturated heterocycles. The molecule has 0 saturated carbocycles. The minimum Gasteiger partial charge on any atom is -0.266 e. The van der Waals surface area contributed by atoms with Gasteiger partial charge >= 0.3 is 6.18 Å². The maximum atomic E-state index is 12.7. The van der Waals surface area contributed by atoms with Gasteiger partial charge in [-0.2, -0.15) is 13.2 Å². The van der Waals surface area contributed by atoms with Crippen LogP contribution in [0.1, 0.15) is 13.8 Å². The second kappa shape index (κ2) is 8.16. The van der Waals surface area contributed by atoms with Crippen LogP contribution in [0.2, 0.25) is 5.28 Å². The molecular formula is C20H17ClF3N5. The summed E-state index contributed by atoms with van der Waals surface area (Å²) in [6, 6.07) is 7.35. The van der Waals surface area contributed by atoms with Gasteiger partial charge in [0.2, 0.25) is 5.28 Å². The fraction of sp³-hybridized carbons (Fsp3) is 0.200. The van der Waals surface area contributed by atoms with Crippen molar-refractivity contribution in [2.24, 2.45) is 10.9 Å². The van der Waals surface area contributed by atoms with Crippen molar-refractivity contribution < 1.29 is 13.2 Å². The monoisotopic (exact) mass is 419 g/mol. The van der Waals surface area contributed by atoms with Crippen LogP contribution in [0.15, 0.2) is 66.0 Å². The highest BCUT2D eigenvalue weighted by molar-refractivity contribution is 6.29. The SMILES string of the molecule is C=C(C)C(/C=C\C(C)C(F)(F)F)=Nc1cncc(-n2c(Cl)nc3ccccc32)n1. The summed E-state index contributed by atoms with van der Waals surface area (Å²) in [5, 5.41) is 0.209. The molecule has 0 spiro atoms. The van der Waals surface area contributed by atoms with E-state index in [1.165, 1.54) is 18.5 Å². The summed E-state index contributed by atoms with van der Waals surface area (Å²) in [6.07, 6.45) is 0.899. The first-order chi connectivity index (χ1) is 13.7. The topological polar surface area (TPSA) is 56.0 Å². The first-order valence-corrected chi connectivity index (χ1v) is 8.99. The van der Waals surface area contributed by atoms with Gasteiger partial charge in [-0.1, -0.05) is 31.7 Å². The molecule has 3 aromatic rings. The Kier molecular flexibility index (Phi) is 5.83. The molecule has 3 rings (SSSR count). The fourth-order valence-electron chi connectivity index (χ4n) is 2.46. The van der Waals surface area contributed by atoms with Crippen LogP contribution in [0, 0.1) is 5.92 Å². The predicted molar refractivity (Wildman–Crippen MR) is 108 cm³/mol. The molecule has 0 aliphatic rings. The van der Waals surface area contributed by atoms with Crippen LogP contribution >= 0.6 is 11.6 Å². The zero-order valence-corrected chi connectivity index (χ0v) is 16.4. The van der Waals surface area contributed by atoms with Gasteiger partial charge in [0, 0.05) is 0 Å². The molecule has 5 nitrogen and oxygen atoms in total. The van der Waals surface area contributed by atoms with E-state index in [1.807, 2.05) is 24.3 Å². The second-order valence-electron chi connectivity index (χ2n) is 6.41. The number of alkyl halides is 3. The molecule has 1 unspecified atom stereocenters. The molecule has 1 aromatic carbocycles.